The number of aryl methyl sites for hydroxylation is 1. The molecule has 1 unspecified atom stereocenters. The van der Waals surface area contributed by atoms with Crippen molar-refractivity contribution in [2.45, 2.75) is 50.7 Å². The minimum Gasteiger partial charge on any atom is -0.259 e. The smallest absolute Gasteiger partial charge is 0.259 e. The molecule has 1 heterocycles. The Hall–Kier alpha value is -0.910. The van der Waals surface area contributed by atoms with E-state index in [9.17, 15) is 8.42 Å². The Bertz CT molecular complexity index is 495. The zero-order valence-corrected chi connectivity index (χ0v) is 11.6. The van der Waals surface area contributed by atoms with Crippen molar-refractivity contribution in [3.05, 3.63) is 29.8 Å². The van der Waals surface area contributed by atoms with Crippen molar-refractivity contribution < 1.29 is 13.3 Å². The Morgan fingerprint density at radius 2 is 1.89 bits per heavy atom. The van der Waals surface area contributed by atoms with Gasteiger partial charge in [-0.15, -0.1) is 0 Å². The van der Waals surface area contributed by atoms with E-state index >= 15 is 0 Å². The molecule has 18 heavy (non-hydrogen) atoms. The summed E-state index contributed by atoms with van der Waals surface area (Å²) in [7, 11) is -3.46. The third kappa shape index (κ3) is 2.91. The van der Waals surface area contributed by atoms with E-state index in [1.165, 1.54) is 0 Å². The molecule has 0 bridgehead atoms. The minimum atomic E-state index is -3.46. The largest absolute Gasteiger partial charge is 0.267 e. The second kappa shape index (κ2) is 5.38. The number of hydroxylamine groups is 1. The standard InChI is InChI=1S/C13H19NO3S/c1-3-4-5-6-13-14(17-13)18(15,16)12-9-7-11(2)8-10-12/h7-10,13H,3-6H2,1-2H3/t13-,14?/m1/s1. The van der Waals surface area contributed by atoms with E-state index in [-0.39, 0.29) is 6.23 Å². The van der Waals surface area contributed by atoms with Gasteiger partial charge in [0.05, 0.1) is 4.90 Å². The highest BCUT2D eigenvalue weighted by Crippen LogP contribution is 2.33. The van der Waals surface area contributed by atoms with E-state index in [0.29, 0.717) is 4.90 Å². The van der Waals surface area contributed by atoms with Crippen LogP contribution >= 0.6 is 0 Å². The number of sulfonamides is 1. The fraction of sp³-hybridized carbons (Fsp3) is 0.538. The van der Waals surface area contributed by atoms with Crippen LogP contribution in [-0.2, 0) is 14.9 Å². The van der Waals surface area contributed by atoms with Crippen LogP contribution in [0.2, 0.25) is 0 Å². The summed E-state index contributed by atoms with van der Waals surface area (Å²) in [4.78, 5) is 5.46. The lowest BCUT2D eigenvalue weighted by molar-refractivity contribution is 0.279. The van der Waals surface area contributed by atoms with Crippen LogP contribution in [-0.4, -0.2) is 19.1 Å². The Morgan fingerprint density at radius 1 is 1.22 bits per heavy atom. The molecule has 1 fully saturated rings. The van der Waals surface area contributed by atoms with Gasteiger partial charge in [0, 0.05) is 0 Å². The lowest BCUT2D eigenvalue weighted by Crippen LogP contribution is -2.14. The Morgan fingerprint density at radius 3 is 2.50 bits per heavy atom. The molecule has 0 radical (unpaired) electrons. The molecule has 0 N–H and O–H groups in total. The Labute approximate surface area is 109 Å². The van der Waals surface area contributed by atoms with E-state index in [0.717, 1.165) is 35.7 Å². The van der Waals surface area contributed by atoms with Gasteiger partial charge in [-0.1, -0.05) is 37.5 Å². The Kier molecular flexibility index (Phi) is 4.04. The van der Waals surface area contributed by atoms with Gasteiger partial charge >= 0.3 is 0 Å². The van der Waals surface area contributed by atoms with Crippen LogP contribution in [0.15, 0.2) is 29.2 Å². The molecule has 0 spiro atoms. The van der Waals surface area contributed by atoms with Gasteiger partial charge in [0.2, 0.25) is 0 Å². The molecule has 2 atom stereocenters. The first-order valence-electron chi connectivity index (χ1n) is 6.33. The van der Waals surface area contributed by atoms with Gasteiger partial charge in [0.25, 0.3) is 10.0 Å². The third-order valence-electron chi connectivity index (χ3n) is 3.03. The molecule has 100 valence electrons. The molecule has 5 heteroatoms. The summed E-state index contributed by atoms with van der Waals surface area (Å²) in [5.41, 5.74) is 1.04. The predicted molar refractivity (Wildman–Crippen MR) is 69.2 cm³/mol. The number of benzene rings is 1. The van der Waals surface area contributed by atoms with Crippen molar-refractivity contribution in [1.29, 1.82) is 0 Å². The van der Waals surface area contributed by atoms with E-state index in [4.69, 9.17) is 4.84 Å². The van der Waals surface area contributed by atoms with Gasteiger partial charge in [-0.2, -0.15) is 0 Å². The average Bonchev–Trinajstić information content (AvgIpc) is 3.10. The molecule has 4 nitrogen and oxygen atoms in total. The lowest BCUT2D eigenvalue weighted by atomic mass is 10.2. The monoisotopic (exact) mass is 269 g/mol. The maximum absolute atomic E-state index is 12.1. The summed E-state index contributed by atoms with van der Waals surface area (Å²) in [6, 6.07) is 6.83. The van der Waals surface area contributed by atoms with Crippen LogP contribution in [0.25, 0.3) is 0 Å². The number of unbranched alkanes of at least 4 members (excludes halogenated alkanes) is 2. The highest BCUT2D eigenvalue weighted by Gasteiger charge is 2.46. The number of hydrogen-bond donors (Lipinski definition) is 0. The topological polar surface area (TPSA) is 49.7 Å². The maximum Gasteiger partial charge on any atom is 0.267 e. The van der Waals surface area contributed by atoms with Crippen LogP contribution in [0.4, 0.5) is 0 Å². The summed E-state index contributed by atoms with van der Waals surface area (Å²) < 4.78 is 25.4. The second-order valence-corrected chi connectivity index (χ2v) is 6.41. The van der Waals surface area contributed by atoms with Crippen LogP contribution in [0.3, 0.4) is 0 Å². The molecule has 2 rings (SSSR count). The molecule has 1 saturated heterocycles. The SMILES string of the molecule is CCCCC[C@H]1ON1S(=O)(=O)c1ccc(C)cc1. The van der Waals surface area contributed by atoms with Gasteiger partial charge < -0.3 is 0 Å². The van der Waals surface area contributed by atoms with Crippen molar-refractivity contribution >= 4 is 10.0 Å². The molecule has 1 aromatic carbocycles. The van der Waals surface area contributed by atoms with Gasteiger partial charge in [-0.05, 0) is 36.4 Å². The highest BCUT2D eigenvalue weighted by molar-refractivity contribution is 7.89. The lowest BCUT2D eigenvalue weighted by Gasteiger charge is -2.02. The number of hydrogen-bond acceptors (Lipinski definition) is 3. The molecule has 0 saturated carbocycles. The van der Waals surface area contributed by atoms with Crippen molar-refractivity contribution in [2.24, 2.45) is 0 Å². The fourth-order valence-corrected chi connectivity index (χ4v) is 3.16. The summed E-state index contributed by atoms with van der Waals surface area (Å²) in [6.07, 6.45) is 3.75. The third-order valence-corrected chi connectivity index (χ3v) is 4.69. The van der Waals surface area contributed by atoms with Crippen LogP contribution in [0.1, 0.15) is 38.2 Å². The van der Waals surface area contributed by atoms with Crippen molar-refractivity contribution in [2.75, 3.05) is 0 Å². The molecule has 1 aliphatic rings. The summed E-state index contributed by atoms with van der Waals surface area (Å²) in [6.45, 7) is 4.05. The molecule has 0 aromatic heterocycles. The zero-order valence-electron chi connectivity index (χ0n) is 10.8. The number of nitrogens with zero attached hydrogens (tertiary/aromatic N) is 1. The van der Waals surface area contributed by atoms with Crippen LogP contribution < -0.4 is 0 Å². The fourth-order valence-electron chi connectivity index (χ4n) is 1.85. The van der Waals surface area contributed by atoms with Crippen molar-refractivity contribution in [3.63, 3.8) is 0 Å². The molecule has 0 aliphatic carbocycles. The van der Waals surface area contributed by atoms with Gasteiger partial charge in [-0.25, -0.2) is 8.42 Å². The summed E-state index contributed by atoms with van der Waals surface area (Å²) in [5, 5.41) is 0. The highest BCUT2D eigenvalue weighted by atomic mass is 32.2. The first-order chi connectivity index (χ1) is 8.55. The van der Waals surface area contributed by atoms with E-state index in [1.54, 1.807) is 24.3 Å². The van der Waals surface area contributed by atoms with E-state index in [2.05, 4.69) is 6.92 Å². The van der Waals surface area contributed by atoms with E-state index < -0.39 is 10.0 Å². The normalized spacial score (nSPS) is 23.0. The van der Waals surface area contributed by atoms with Gasteiger partial charge in [0.15, 0.2) is 6.23 Å². The first kappa shape index (κ1) is 13.5. The first-order valence-corrected chi connectivity index (χ1v) is 7.77. The molecule has 0 amide bonds. The molecular formula is C13H19NO3S. The number of rotatable bonds is 6. The Balaban J connectivity index is 1.99. The molecule has 1 aliphatic heterocycles. The van der Waals surface area contributed by atoms with Crippen LogP contribution in [0.5, 0.6) is 0 Å². The van der Waals surface area contributed by atoms with Gasteiger partial charge in [-0.3, -0.25) is 4.84 Å². The zero-order chi connectivity index (χ0) is 13.2. The summed E-state index contributed by atoms with van der Waals surface area (Å²) in [5.74, 6) is 0. The van der Waals surface area contributed by atoms with Crippen molar-refractivity contribution in [1.82, 2.24) is 4.47 Å². The molecule has 1 aromatic rings. The maximum atomic E-state index is 12.1. The molecular weight excluding hydrogens is 250 g/mol. The quantitative estimate of drug-likeness (QED) is 0.589. The average molecular weight is 269 g/mol. The van der Waals surface area contributed by atoms with Crippen molar-refractivity contribution in [3.8, 4) is 0 Å². The van der Waals surface area contributed by atoms with E-state index in [1.807, 2.05) is 6.92 Å². The van der Waals surface area contributed by atoms with Gasteiger partial charge in [0.1, 0.15) is 0 Å². The predicted octanol–water partition coefficient (Wildman–Crippen LogP) is 2.84. The summed E-state index contributed by atoms with van der Waals surface area (Å²) >= 11 is 0. The minimum absolute atomic E-state index is 0.261. The van der Waals surface area contributed by atoms with Crippen LogP contribution in [0, 0.1) is 6.92 Å². The second-order valence-electron chi connectivity index (χ2n) is 4.63.